The lowest BCUT2D eigenvalue weighted by atomic mass is 10.1. The molecule has 36 heavy (non-hydrogen) atoms. The Balaban J connectivity index is 0.000000201. The van der Waals surface area contributed by atoms with Crippen LogP contribution in [0.15, 0.2) is 57.8 Å². The molecule has 188 valence electrons. The first-order valence-corrected chi connectivity index (χ1v) is 10.7. The number of carbonyl (C=O) groups excluding carboxylic acids is 2. The van der Waals surface area contributed by atoms with Gasteiger partial charge in [0.2, 0.25) is 0 Å². The molecule has 0 bridgehead atoms. The van der Waals surface area contributed by atoms with Gasteiger partial charge in [-0.3, -0.25) is 0 Å². The fourth-order valence-electron chi connectivity index (χ4n) is 3.20. The molecule has 0 unspecified atom stereocenters. The number of cyclic esters (lactones) is 2. The van der Waals surface area contributed by atoms with E-state index in [0.717, 1.165) is 11.1 Å². The Morgan fingerprint density at radius 3 is 1.31 bits per heavy atom. The van der Waals surface area contributed by atoms with Crippen molar-refractivity contribution in [1.82, 2.24) is 0 Å². The van der Waals surface area contributed by atoms with Gasteiger partial charge in [-0.25, -0.2) is 19.6 Å². The van der Waals surface area contributed by atoms with Crippen molar-refractivity contribution in [3.8, 4) is 23.0 Å². The highest BCUT2D eigenvalue weighted by molar-refractivity contribution is 6.07. The van der Waals surface area contributed by atoms with Gasteiger partial charge in [-0.15, -0.1) is 0 Å². The monoisotopic (exact) mass is 494 g/mol. The molecule has 2 aliphatic rings. The Kier molecular flexibility index (Phi) is 8.45. The summed E-state index contributed by atoms with van der Waals surface area (Å²) in [6, 6.07) is 10.6. The van der Waals surface area contributed by atoms with Crippen LogP contribution in [-0.2, 0) is 19.1 Å². The summed E-state index contributed by atoms with van der Waals surface area (Å²) in [6.07, 6.45) is 3.24. The molecule has 4 rings (SSSR count). The summed E-state index contributed by atoms with van der Waals surface area (Å²) in [4.78, 5) is 30.9. The molecule has 10 heteroatoms. The molecule has 0 N–H and O–H groups in total. The highest BCUT2D eigenvalue weighted by Crippen LogP contribution is 2.29. The van der Waals surface area contributed by atoms with Crippen LogP contribution in [0.25, 0.3) is 12.2 Å². The van der Waals surface area contributed by atoms with Crippen LogP contribution in [0, 0.1) is 0 Å². The van der Waals surface area contributed by atoms with Crippen LogP contribution in [0.2, 0.25) is 0 Å². The zero-order valence-electron chi connectivity index (χ0n) is 20.8. The molecule has 2 aromatic rings. The van der Waals surface area contributed by atoms with Gasteiger partial charge in [-0.1, -0.05) is 0 Å². The van der Waals surface area contributed by atoms with Crippen molar-refractivity contribution in [1.29, 1.82) is 0 Å². The molecule has 10 nitrogen and oxygen atoms in total. The van der Waals surface area contributed by atoms with E-state index in [9.17, 15) is 9.59 Å². The summed E-state index contributed by atoms with van der Waals surface area (Å²) in [5.41, 5.74) is 2.00. The van der Waals surface area contributed by atoms with E-state index in [4.69, 9.17) is 28.4 Å². The van der Waals surface area contributed by atoms with Gasteiger partial charge >= 0.3 is 11.9 Å². The number of rotatable bonds is 6. The lowest BCUT2D eigenvalue weighted by molar-refractivity contribution is -0.130. The maximum absolute atomic E-state index is 11.4. The molecule has 2 aliphatic heterocycles. The van der Waals surface area contributed by atoms with Crippen LogP contribution in [0.4, 0.5) is 0 Å². The topological polar surface area (TPSA) is 114 Å². The third-order valence-corrected chi connectivity index (χ3v) is 4.92. The van der Waals surface area contributed by atoms with Crippen LogP contribution in [-0.4, -0.2) is 52.2 Å². The first-order valence-electron chi connectivity index (χ1n) is 10.7. The molecule has 2 aromatic carbocycles. The van der Waals surface area contributed by atoms with Crippen LogP contribution in [0.3, 0.4) is 0 Å². The molecule has 0 radical (unpaired) electrons. The first kappa shape index (κ1) is 26.0. The van der Waals surface area contributed by atoms with Crippen molar-refractivity contribution < 1.29 is 38.0 Å². The van der Waals surface area contributed by atoms with E-state index in [2.05, 4.69) is 9.98 Å². The quantitative estimate of drug-likeness (QED) is 0.437. The van der Waals surface area contributed by atoms with Crippen LogP contribution < -0.4 is 18.9 Å². The summed E-state index contributed by atoms with van der Waals surface area (Å²) in [7, 11) is 6.26. The molecule has 0 aromatic heterocycles. The van der Waals surface area contributed by atoms with E-state index in [0.29, 0.717) is 34.8 Å². The fraction of sp³-hybridized carbons (Fsp3) is 0.231. The number of benzene rings is 2. The molecule has 0 atom stereocenters. The predicted molar refractivity (Wildman–Crippen MR) is 133 cm³/mol. The zero-order valence-corrected chi connectivity index (χ0v) is 20.8. The van der Waals surface area contributed by atoms with E-state index >= 15 is 0 Å². The average molecular weight is 495 g/mol. The fourth-order valence-corrected chi connectivity index (χ4v) is 3.20. The van der Waals surface area contributed by atoms with Gasteiger partial charge in [0, 0.05) is 37.1 Å². The number of hydrogen-bond acceptors (Lipinski definition) is 10. The number of ether oxygens (including phenoxy) is 6. The minimum absolute atomic E-state index is 0.260. The number of hydrogen-bond donors (Lipinski definition) is 0. The summed E-state index contributed by atoms with van der Waals surface area (Å²) >= 11 is 0. The third-order valence-electron chi connectivity index (χ3n) is 4.92. The molecular weight excluding hydrogens is 468 g/mol. The zero-order chi connectivity index (χ0) is 26.2. The van der Waals surface area contributed by atoms with Gasteiger partial charge < -0.3 is 28.4 Å². The minimum Gasteiger partial charge on any atom is -0.497 e. The summed E-state index contributed by atoms with van der Waals surface area (Å²) < 4.78 is 30.4. The second-order valence-corrected chi connectivity index (χ2v) is 7.32. The van der Waals surface area contributed by atoms with Crippen LogP contribution in [0.1, 0.15) is 25.0 Å². The van der Waals surface area contributed by atoms with Crippen LogP contribution >= 0.6 is 0 Å². The standard InChI is InChI=1S/2C13H13NO4/c2*1-8-14-11(13(15)18-8)6-9-4-5-10(16-2)7-12(9)17-3/h2*4-7H,1-3H3. The molecule has 0 aliphatic carbocycles. The van der Waals surface area contributed by atoms with E-state index in [1.54, 1.807) is 90.8 Å². The molecule has 0 fully saturated rings. The number of methoxy groups -OCH3 is 4. The Hall–Kier alpha value is -4.60. The third kappa shape index (κ3) is 6.29. The molecule has 0 saturated heterocycles. The van der Waals surface area contributed by atoms with Crippen molar-refractivity contribution >= 4 is 35.9 Å². The van der Waals surface area contributed by atoms with Crippen molar-refractivity contribution in [3.63, 3.8) is 0 Å². The normalized spacial score (nSPS) is 16.5. The minimum atomic E-state index is -0.453. The van der Waals surface area contributed by atoms with Gasteiger partial charge in [-0.05, 0) is 36.4 Å². The molecule has 0 spiro atoms. The summed E-state index contributed by atoms with van der Waals surface area (Å²) in [5.74, 6) is 2.36. The number of esters is 2. The lowest BCUT2D eigenvalue weighted by Gasteiger charge is -2.07. The highest BCUT2D eigenvalue weighted by Gasteiger charge is 2.21. The molecule has 2 heterocycles. The maximum Gasteiger partial charge on any atom is 0.363 e. The van der Waals surface area contributed by atoms with Gasteiger partial charge in [-0.2, -0.15) is 0 Å². The van der Waals surface area contributed by atoms with Gasteiger partial charge in [0.05, 0.1) is 28.4 Å². The van der Waals surface area contributed by atoms with Crippen LogP contribution in [0.5, 0.6) is 23.0 Å². The van der Waals surface area contributed by atoms with Crippen molar-refractivity contribution in [2.24, 2.45) is 9.98 Å². The van der Waals surface area contributed by atoms with Gasteiger partial charge in [0.1, 0.15) is 23.0 Å². The Labute approximate surface area is 208 Å². The number of carbonyl (C=O) groups is 2. The summed E-state index contributed by atoms with van der Waals surface area (Å²) in [5, 5.41) is 0. The van der Waals surface area contributed by atoms with E-state index < -0.39 is 11.9 Å². The van der Waals surface area contributed by atoms with Gasteiger partial charge in [0.15, 0.2) is 23.2 Å². The number of nitrogens with zero attached hydrogens (tertiary/aromatic N) is 2. The Bertz CT molecular complexity index is 1190. The predicted octanol–water partition coefficient (Wildman–Crippen LogP) is 4.04. The molecule has 0 amide bonds. The smallest absolute Gasteiger partial charge is 0.363 e. The SMILES string of the molecule is COc1ccc(C=C2N=C(C)OC2=O)c(OC)c1.COc1ccc(C=C2N=C(C)OC2=O)c(OC)c1. The highest BCUT2D eigenvalue weighted by atomic mass is 16.6. The van der Waals surface area contributed by atoms with E-state index in [1.165, 1.54) is 0 Å². The second kappa shape index (κ2) is 11.7. The maximum atomic E-state index is 11.4. The lowest BCUT2D eigenvalue weighted by Crippen LogP contribution is -2.00. The van der Waals surface area contributed by atoms with E-state index in [1.807, 2.05) is 0 Å². The Morgan fingerprint density at radius 1 is 0.639 bits per heavy atom. The molecule has 0 saturated carbocycles. The summed E-state index contributed by atoms with van der Waals surface area (Å²) in [6.45, 7) is 3.26. The average Bonchev–Trinajstić information content (AvgIpc) is 3.37. The largest absolute Gasteiger partial charge is 0.497 e. The first-order chi connectivity index (χ1) is 17.3. The number of aliphatic imine (C=N–C) groups is 2. The second-order valence-electron chi connectivity index (χ2n) is 7.32. The van der Waals surface area contributed by atoms with E-state index in [-0.39, 0.29) is 11.4 Å². The van der Waals surface area contributed by atoms with Crippen molar-refractivity contribution in [2.45, 2.75) is 13.8 Å². The van der Waals surface area contributed by atoms with Crippen molar-refractivity contribution in [2.75, 3.05) is 28.4 Å². The molecular formula is C26H26N2O8. The van der Waals surface area contributed by atoms with Gasteiger partial charge in [0.25, 0.3) is 0 Å². The van der Waals surface area contributed by atoms with Crippen molar-refractivity contribution in [3.05, 3.63) is 58.9 Å². The Morgan fingerprint density at radius 2 is 1.03 bits per heavy atom.